The van der Waals surface area contributed by atoms with E-state index in [-0.39, 0.29) is 16.5 Å². The van der Waals surface area contributed by atoms with Crippen LogP contribution in [0.25, 0.3) is 10.8 Å². The van der Waals surface area contributed by atoms with E-state index in [1.807, 2.05) is 50.2 Å². The number of carbonyl (C=O) groups excluding carboxylic acids is 1. The molecule has 0 aliphatic rings. The molecule has 0 N–H and O–H groups in total. The molecule has 0 aromatic heterocycles. The van der Waals surface area contributed by atoms with Crippen molar-refractivity contribution in [2.24, 2.45) is 5.92 Å². The van der Waals surface area contributed by atoms with Crippen LogP contribution in [0.15, 0.2) is 36.4 Å². The molecule has 0 spiro atoms. The van der Waals surface area contributed by atoms with Gasteiger partial charge in [-0.1, -0.05) is 65.6 Å². The molecule has 0 radical (unpaired) electrons. The van der Waals surface area contributed by atoms with E-state index in [0.717, 1.165) is 16.3 Å². The highest BCUT2D eigenvalue weighted by Crippen LogP contribution is 2.26. The average molecular weight is 326 g/mol. The number of fused-ring (bicyclic) bond motifs is 1. The number of rotatable bonds is 3. The van der Waals surface area contributed by atoms with Crippen molar-refractivity contribution in [3.8, 4) is 0 Å². The Morgan fingerprint density at radius 1 is 1.22 bits per heavy atom. The Bertz CT molecular complexity index is 592. The minimum Gasteiger partial charge on any atom is -0.293 e. The molecule has 1 nitrogen and oxygen atoms in total. The lowest BCUT2D eigenvalue weighted by Crippen LogP contribution is -2.20. The Kier molecular flexibility index (Phi) is 4.08. The molecule has 2 aromatic carbocycles. The SMILES string of the molecule is CC(C)C(Br)C(=O)c1cccc2ccc(Cl)cc12. The first-order chi connectivity index (χ1) is 8.50. The summed E-state index contributed by atoms with van der Waals surface area (Å²) in [5.41, 5.74) is 0.727. The van der Waals surface area contributed by atoms with Gasteiger partial charge < -0.3 is 0 Å². The second kappa shape index (κ2) is 5.41. The third-order valence-electron chi connectivity index (χ3n) is 2.95. The molecule has 0 amide bonds. The van der Waals surface area contributed by atoms with Crippen molar-refractivity contribution in [3.05, 3.63) is 47.0 Å². The molecule has 0 heterocycles. The van der Waals surface area contributed by atoms with Crippen molar-refractivity contribution >= 4 is 44.1 Å². The van der Waals surface area contributed by atoms with E-state index >= 15 is 0 Å². The zero-order valence-corrected chi connectivity index (χ0v) is 12.6. The van der Waals surface area contributed by atoms with E-state index in [1.165, 1.54) is 0 Å². The van der Waals surface area contributed by atoms with E-state index in [0.29, 0.717) is 5.02 Å². The van der Waals surface area contributed by atoms with Crippen LogP contribution < -0.4 is 0 Å². The van der Waals surface area contributed by atoms with Crippen molar-refractivity contribution < 1.29 is 4.79 Å². The summed E-state index contributed by atoms with van der Waals surface area (Å²) < 4.78 is 0. The van der Waals surface area contributed by atoms with Gasteiger partial charge in [0.05, 0.1) is 4.83 Å². The normalized spacial score (nSPS) is 12.9. The number of hydrogen-bond acceptors (Lipinski definition) is 1. The maximum absolute atomic E-state index is 12.4. The topological polar surface area (TPSA) is 17.1 Å². The van der Waals surface area contributed by atoms with Crippen LogP contribution in [0.2, 0.25) is 5.02 Å². The number of ketones is 1. The molecule has 0 aliphatic carbocycles. The molecular weight excluding hydrogens is 312 g/mol. The van der Waals surface area contributed by atoms with Crippen molar-refractivity contribution in [1.82, 2.24) is 0 Å². The number of halogens is 2. The standard InChI is InChI=1S/C15H14BrClO/c1-9(2)14(16)15(18)12-5-3-4-10-6-7-11(17)8-13(10)12/h3-9,14H,1-2H3. The number of benzene rings is 2. The Labute approximate surface area is 120 Å². The molecule has 0 aliphatic heterocycles. The van der Waals surface area contributed by atoms with Gasteiger partial charge in [0.15, 0.2) is 5.78 Å². The fraction of sp³-hybridized carbons (Fsp3) is 0.267. The highest BCUT2D eigenvalue weighted by molar-refractivity contribution is 9.10. The number of Topliss-reactive ketones (excluding diaryl/α,β-unsaturated/α-hetero) is 1. The van der Waals surface area contributed by atoms with Gasteiger partial charge in [0.25, 0.3) is 0 Å². The average Bonchev–Trinajstić information content (AvgIpc) is 2.36. The molecule has 0 bridgehead atoms. The maximum atomic E-state index is 12.4. The first-order valence-electron chi connectivity index (χ1n) is 5.87. The van der Waals surface area contributed by atoms with Crippen molar-refractivity contribution in [2.75, 3.05) is 0 Å². The molecule has 1 unspecified atom stereocenters. The van der Waals surface area contributed by atoms with Gasteiger partial charge in [0, 0.05) is 10.6 Å². The Morgan fingerprint density at radius 2 is 1.94 bits per heavy atom. The predicted octanol–water partition coefficient (Wildman–Crippen LogP) is 5.10. The van der Waals surface area contributed by atoms with Gasteiger partial charge in [-0.05, 0) is 28.8 Å². The predicted molar refractivity (Wildman–Crippen MR) is 80.8 cm³/mol. The van der Waals surface area contributed by atoms with Crippen LogP contribution in [0.4, 0.5) is 0 Å². The summed E-state index contributed by atoms with van der Waals surface area (Å²) in [4.78, 5) is 12.3. The maximum Gasteiger partial charge on any atom is 0.177 e. The van der Waals surface area contributed by atoms with E-state index in [4.69, 9.17) is 11.6 Å². The minimum absolute atomic E-state index is 0.109. The zero-order valence-electron chi connectivity index (χ0n) is 10.3. The zero-order chi connectivity index (χ0) is 13.3. The Hall–Kier alpha value is -0.860. The number of carbonyl (C=O) groups is 1. The van der Waals surface area contributed by atoms with Crippen molar-refractivity contribution in [1.29, 1.82) is 0 Å². The molecule has 18 heavy (non-hydrogen) atoms. The summed E-state index contributed by atoms with van der Waals surface area (Å²) in [5.74, 6) is 0.366. The van der Waals surface area contributed by atoms with Gasteiger partial charge in [0.2, 0.25) is 0 Å². The van der Waals surface area contributed by atoms with Gasteiger partial charge in [-0.2, -0.15) is 0 Å². The lowest BCUT2D eigenvalue weighted by atomic mass is 9.96. The van der Waals surface area contributed by atoms with Crippen molar-refractivity contribution in [3.63, 3.8) is 0 Å². The largest absolute Gasteiger partial charge is 0.293 e. The monoisotopic (exact) mass is 324 g/mol. The van der Waals surface area contributed by atoms with Crippen LogP contribution in [0.3, 0.4) is 0 Å². The highest BCUT2D eigenvalue weighted by Gasteiger charge is 2.21. The third kappa shape index (κ3) is 2.60. The van der Waals surface area contributed by atoms with Gasteiger partial charge in [0.1, 0.15) is 0 Å². The minimum atomic E-state index is -0.165. The molecular formula is C15H14BrClO. The molecule has 3 heteroatoms. The lowest BCUT2D eigenvalue weighted by Gasteiger charge is -2.14. The van der Waals surface area contributed by atoms with Gasteiger partial charge in [-0.3, -0.25) is 4.79 Å². The second-order valence-electron chi connectivity index (χ2n) is 4.68. The van der Waals surface area contributed by atoms with Crippen LogP contribution >= 0.6 is 27.5 Å². The summed E-state index contributed by atoms with van der Waals surface area (Å²) in [6.07, 6.45) is 0. The molecule has 0 saturated carbocycles. The molecule has 2 rings (SSSR count). The Balaban J connectivity index is 2.57. The van der Waals surface area contributed by atoms with Crippen LogP contribution in [-0.2, 0) is 0 Å². The van der Waals surface area contributed by atoms with Gasteiger partial charge in [-0.25, -0.2) is 0 Å². The van der Waals surface area contributed by atoms with Crippen LogP contribution in [0, 0.1) is 5.92 Å². The third-order valence-corrected chi connectivity index (χ3v) is 4.65. The van der Waals surface area contributed by atoms with Crippen LogP contribution in [0.5, 0.6) is 0 Å². The fourth-order valence-electron chi connectivity index (χ4n) is 1.91. The fourth-order valence-corrected chi connectivity index (χ4v) is 2.33. The number of hydrogen-bond donors (Lipinski definition) is 0. The van der Waals surface area contributed by atoms with Gasteiger partial charge in [-0.15, -0.1) is 0 Å². The summed E-state index contributed by atoms with van der Waals surface area (Å²) in [6, 6.07) is 11.4. The first kappa shape index (κ1) is 13.6. The smallest absolute Gasteiger partial charge is 0.177 e. The van der Waals surface area contributed by atoms with E-state index in [2.05, 4.69) is 15.9 Å². The molecule has 0 fully saturated rings. The molecule has 2 aromatic rings. The van der Waals surface area contributed by atoms with Crippen molar-refractivity contribution in [2.45, 2.75) is 18.7 Å². The van der Waals surface area contributed by atoms with Crippen LogP contribution in [0.1, 0.15) is 24.2 Å². The highest BCUT2D eigenvalue weighted by atomic mass is 79.9. The quantitative estimate of drug-likeness (QED) is 0.567. The summed E-state index contributed by atoms with van der Waals surface area (Å²) in [7, 11) is 0. The number of alkyl halides is 1. The second-order valence-corrected chi connectivity index (χ2v) is 6.10. The first-order valence-corrected chi connectivity index (χ1v) is 7.16. The van der Waals surface area contributed by atoms with E-state index < -0.39 is 0 Å². The van der Waals surface area contributed by atoms with Crippen LogP contribution in [-0.4, -0.2) is 10.6 Å². The molecule has 1 atom stereocenters. The van der Waals surface area contributed by atoms with Gasteiger partial charge >= 0.3 is 0 Å². The molecule has 0 saturated heterocycles. The summed E-state index contributed by atoms with van der Waals surface area (Å²) in [6.45, 7) is 4.05. The van der Waals surface area contributed by atoms with E-state index in [1.54, 1.807) is 0 Å². The Morgan fingerprint density at radius 3 is 2.61 bits per heavy atom. The summed E-state index contributed by atoms with van der Waals surface area (Å²) >= 11 is 9.48. The van der Waals surface area contributed by atoms with E-state index in [9.17, 15) is 4.79 Å². The lowest BCUT2D eigenvalue weighted by molar-refractivity contribution is 0.0979. The summed E-state index contributed by atoms with van der Waals surface area (Å²) in [5, 5.41) is 2.60. The molecule has 94 valence electrons.